The van der Waals surface area contributed by atoms with Crippen molar-refractivity contribution in [3.63, 3.8) is 0 Å². The maximum atomic E-state index is 2.00. The number of rotatable bonds is 0. The molecule has 0 aromatic heterocycles. The molecule has 0 aliphatic heterocycles. The van der Waals surface area contributed by atoms with Crippen LogP contribution in [0.1, 0.15) is 7.43 Å². The van der Waals surface area contributed by atoms with Crippen LogP contribution in [0.3, 0.4) is 0 Å². The van der Waals surface area contributed by atoms with Gasteiger partial charge in [-0.3, -0.25) is 0 Å². The zero-order valence-corrected chi connectivity index (χ0v) is 3.45. The molecule has 0 bridgehead atoms. The lowest BCUT2D eigenvalue weighted by molar-refractivity contribution is 0.505. The molecule has 0 aromatic carbocycles. The minimum Gasteiger partial charge on any atom is -0.312 e. The summed E-state index contributed by atoms with van der Waals surface area (Å²) in [6, 6.07) is 0. The molecule has 0 spiro atoms. The van der Waals surface area contributed by atoms with Crippen molar-refractivity contribution in [3.05, 3.63) is 0 Å². The van der Waals surface area contributed by atoms with E-state index in [0.717, 1.165) is 0 Å². The lowest BCUT2D eigenvalue weighted by atomic mass is 11.0. The smallest absolute Gasteiger partial charge is 0.0140 e. The summed E-state index contributed by atoms with van der Waals surface area (Å²) in [5.74, 6) is 0. The Morgan fingerprint density at radius 1 is 1.00 bits per heavy atom. The minimum absolute atomic E-state index is 0. The molecule has 0 heterocycles. The van der Waals surface area contributed by atoms with Gasteiger partial charge in [0.25, 0.3) is 0 Å². The number of nitrogens with zero attached hydrogens (tertiary/aromatic N) is 1. The van der Waals surface area contributed by atoms with Gasteiger partial charge >= 0.3 is 0 Å². The molecule has 0 atom stereocenters. The van der Waals surface area contributed by atoms with E-state index >= 15 is 0 Å². The summed E-state index contributed by atoms with van der Waals surface area (Å²) in [5, 5.41) is 0. The fourth-order valence-corrected chi connectivity index (χ4v) is 0. The quantitative estimate of drug-likeness (QED) is 0.412. The normalized spacial score (nSPS) is 7.20. The average molecular weight is 75.2 g/mol. The van der Waals surface area contributed by atoms with Gasteiger partial charge in [0.05, 0.1) is 0 Å². The summed E-state index contributed by atoms with van der Waals surface area (Å²) in [7, 11) is 6.00. The SMILES string of the molecule is C.CN(C)C. The number of hydrogen-bond acceptors (Lipinski definition) is 1. The van der Waals surface area contributed by atoms with Crippen molar-refractivity contribution in [2.45, 2.75) is 7.43 Å². The summed E-state index contributed by atoms with van der Waals surface area (Å²) in [4.78, 5) is 2.00. The Kier molecular flexibility index (Phi) is 7.03. The molecule has 1 nitrogen and oxygen atoms in total. The molecule has 0 aliphatic carbocycles. The minimum atomic E-state index is 0. The van der Waals surface area contributed by atoms with E-state index in [-0.39, 0.29) is 7.43 Å². The molecule has 0 radical (unpaired) electrons. The molecule has 5 heavy (non-hydrogen) atoms. The third kappa shape index (κ3) is 9510. The molecule has 0 amide bonds. The van der Waals surface area contributed by atoms with Gasteiger partial charge in [-0.1, -0.05) is 7.43 Å². The highest BCUT2D eigenvalue weighted by Gasteiger charge is 1.58. The lowest BCUT2D eigenvalue weighted by Gasteiger charge is -1.90. The second-order valence-electron chi connectivity index (χ2n) is 1.34. The second kappa shape index (κ2) is 3.96. The van der Waals surface area contributed by atoms with Gasteiger partial charge in [-0.15, -0.1) is 0 Å². The summed E-state index contributed by atoms with van der Waals surface area (Å²) < 4.78 is 0. The zero-order valence-electron chi connectivity index (χ0n) is 3.45. The van der Waals surface area contributed by atoms with Gasteiger partial charge in [-0.25, -0.2) is 0 Å². The highest BCUT2D eigenvalue weighted by molar-refractivity contribution is 4.09. The van der Waals surface area contributed by atoms with E-state index < -0.39 is 0 Å². The Hall–Kier alpha value is -0.0400. The highest BCUT2D eigenvalue weighted by Crippen LogP contribution is 1.47. The third-order valence-corrected chi connectivity index (χ3v) is 0. The molecule has 34 valence electrons. The Labute approximate surface area is 34.6 Å². The van der Waals surface area contributed by atoms with Crippen LogP contribution in [-0.2, 0) is 0 Å². The van der Waals surface area contributed by atoms with E-state index in [9.17, 15) is 0 Å². The van der Waals surface area contributed by atoms with E-state index in [2.05, 4.69) is 0 Å². The molecule has 1 heteroatoms. The fourth-order valence-electron chi connectivity index (χ4n) is 0. The Bertz CT molecular complexity index is 8.36. The second-order valence-corrected chi connectivity index (χ2v) is 1.34. The van der Waals surface area contributed by atoms with Crippen LogP contribution in [0.4, 0.5) is 0 Å². The van der Waals surface area contributed by atoms with Crippen molar-refractivity contribution in [1.29, 1.82) is 0 Å². The van der Waals surface area contributed by atoms with Crippen LogP contribution < -0.4 is 0 Å². The Balaban J connectivity index is 0. The molecule has 0 saturated heterocycles. The van der Waals surface area contributed by atoms with E-state index in [1.54, 1.807) is 0 Å². The molecule has 0 aliphatic rings. The van der Waals surface area contributed by atoms with Crippen molar-refractivity contribution < 1.29 is 0 Å². The van der Waals surface area contributed by atoms with Gasteiger partial charge < -0.3 is 4.90 Å². The van der Waals surface area contributed by atoms with E-state index in [1.807, 2.05) is 26.0 Å². The van der Waals surface area contributed by atoms with Crippen LogP contribution in [-0.4, -0.2) is 26.0 Å². The third-order valence-electron chi connectivity index (χ3n) is 0. The van der Waals surface area contributed by atoms with Crippen LogP contribution in [0.25, 0.3) is 0 Å². The Morgan fingerprint density at radius 2 is 1.00 bits per heavy atom. The van der Waals surface area contributed by atoms with Crippen molar-refractivity contribution in [1.82, 2.24) is 4.90 Å². The first kappa shape index (κ1) is 8.88. The largest absolute Gasteiger partial charge is 0.312 e. The van der Waals surface area contributed by atoms with Gasteiger partial charge in [0.1, 0.15) is 0 Å². The summed E-state index contributed by atoms with van der Waals surface area (Å²) in [6.07, 6.45) is 0. The van der Waals surface area contributed by atoms with Gasteiger partial charge in [-0.2, -0.15) is 0 Å². The van der Waals surface area contributed by atoms with Crippen LogP contribution in [0.5, 0.6) is 0 Å². The highest BCUT2D eigenvalue weighted by atomic mass is 15.0. The maximum Gasteiger partial charge on any atom is -0.0140 e. The predicted octanol–water partition coefficient (Wildman–Crippen LogP) is 0.814. The molecule has 0 rings (SSSR count). The van der Waals surface area contributed by atoms with Crippen molar-refractivity contribution in [2.24, 2.45) is 0 Å². The van der Waals surface area contributed by atoms with E-state index in [4.69, 9.17) is 0 Å². The topological polar surface area (TPSA) is 3.24 Å². The van der Waals surface area contributed by atoms with Crippen LogP contribution in [0.2, 0.25) is 0 Å². The molecule has 0 unspecified atom stereocenters. The molecular formula is C4H13N. The molecule has 0 fully saturated rings. The maximum absolute atomic E-state index is 2.00. The van der Waals surface area contributed by atoms with Crippen LogP contribution in [0, 0.1) is 0 Å². The average Bonchev–Trinajstić information content (AvgIpc) is 0.811. The molecule has 0 saturated carbocycles. The van der Waals surface area contributed by atoms with Gasteiger partial charge in [0.15, 0.2) is 0 Å². The predicted molar refractivity (Wildman–Crippen MR) is 26.3 cm³/mol. The van der Waals surface area contributed by atoms with Crippen molar-refractivity contribution in [2.75, 3.05) is 21.1 Å². The van der Waals surface area contributed by atoms with E-state index in [1.165, 1.54) is 0 Å². The van der Waals surface area contributed by atoms with Crippen molar-refractivity contribution in [3.8, 4) is 0 Å². The lowest BCUT2D eigenvalue weighted by Crippen LogP contribution is -1.99. The fraction of sp³-hybridized carbons (Fsp3) is 1.00. The summed E-state index contributed by atoms with van der Waals surface area (Å²) >= 11 is 0. The molecule has 0 N–H and O–H groups in total. The monoisotopic (exact) mass is 75.1 g/mol. The Morgan fingerprint density at radius 3 is 1.00 bits per heavy atom. The first-order chi connectivity index (χ1) is 1.73. The summed E-state index contributed by atoms with van der Waals surface area (Å²) in [5.41, 5.74) is 0. The first-order valence-electron chi connectivity index (χ1n) is 1.34. The molecule has 0 aromatic rings. The first-order valence-corrected chi connectivity index (χ1v) is 1.34. The zero-order chi connectivity index (χ0) is 3.58. The van der Waals surface area contributed by atoms with Gasteiger partial charge in [0.2, 0.25) is 0 Å². The number of hydrogen-bond donors (Lipinski definition) is 0. The van der Waals surface area contributed by atoms with Crippen molar-refractivity contribution >= 4 is 0 Å². The van der Waals surface area contributed by atoms with Crippen LogP contribution in [0.15, 0.2) is 0 Å². The standard InChI is InChI=1S/C3H9N.CH4/c1-4(2)3;/h1-3H3;1H4. The van der Waals surface area contributed by atoms with Gasteiger partial charge in [0, 0.05) is 0 Å². The molecular weight excluding hydrogens is 62.1 g/mol. The van der Waals surface area contributed by atoms with Gasteiger partial charge in [-0.05, 0) is 21.1 Å². The van der Waals surface area contributed by atoms with E-state index in [0.29, 0.717) is 0 Å². The van der Waals surface area contributed by atoms with Crippen LogP contribution >= 0.6 is 0 Å². The summed E-state index contributed by atoms with van der Waals surface area (Å²) in [6.45, 7) is 0.